The summed E-state index contributed by atoms with van der Waals surface area (Å²) in [5, 5.41) is 4.52. The molecule has 2 N–H and O–H groups in total. The van der Waals surface area contributed by atoms with Gasteiger partial charge in [-0.05, 0) is 36.4 Å². The predicted octanol–water partition coefficient (Wildman–Crippen LogP) is 5.03. The number of nitrogens with one attached hydrogen (secondary N) is 2. The van der Waals surface area contributed by atoms with Crippen LogP contribution in [0.15, 0.2) is 78.2 Å². The zero-order valence-corrected chi connectivity index (χ0v) is 20.6. The number of H-pyrrole nitrogens is 1. The number of pyridine rings is 1. The molecule has 0 aliphatic carbocycles. The Morgan fingerprint density at radius 1 is 1.05 bits per heavy atom. The molecular weight excluding hydrogens is 542 g/mol. The Hall–Kier alpha value is -4.72. The second kappa shape index (κ2) is 9.54. The number of hydrogen-bond acceptors (Lipinski definition) is 6. The molecule has 9 nitrogen and oxygen atoms in total. The van der Waals surface area contributed by atoms with Gasteiger partial charge in [0.1, 0.15) is 17.2 Å². The smallest absolute Gasteiger partial charge is 0.406 e. The number of alkyl halides is 3. The number of carbonyl (C=O) groups is 1. The van der Waals surface area contributed by atoms with E-state index in [0.717, 1.165) is 42.0 Å². The molecule has 0 saturated heterocycles. The summed E-state index contributed by atoms with van der Waals surface area (Å²) in [6, 6.07) is 8.44. The van der Waals surface area contributed by atoms with Gasteiger partial charge in [0.05, 0.1) is 16.7 Å². The van der Waals surface area contributed by atoms with E-state index in [9.17, 15) is 30.8 Å². The minimum absolute atomic E-state index is 0.0964. The molecule has 3 heterocycles. The van der Waals surface area contributed by atoms with Crippen molar-refractivity contribution in [2.75, 3.05) is 4.72 Å². The van der Waals surface area contributed by atoms with Crippen molar-refractivity contribution in [3.63, 3.8) is 0 Å². The molecule has 39 heavy (non-hydrogen) atoms. The van der Waals surface area contributed by atoms with E-state index in [1.54, 1.807) is 36.4 Å². The summed E-state index contributed by atoms with van der Waals surface area (Å²) in [5.41, 5.74) is 1.28. The zero-order valence-electron chi connectivity index (χ0n) is 19.8. The normalized spacial score (nSPS) is 12.0. The number of nitrogens with zero attached hydrogens (tertiary/aromatic N) is 3. The number of ketones is 1. The second-order valence-electron chi connectivity index (χ2n) is 8.38. The lowest BCUT2D eigenvalue weighted by atomic mass is 10.0. The quantitative estimate of drug-likeness (QED) is 0.213. The minimum Gasteiger partial charge on any atom is -0.406 e. The maximum atomic E-state index is 14.8. The van der Waals surface area contributed by atoms with E-state index in [0.29, 0.717) is 22.7 Å². The number of benzene rings is 2. The highest BCUT2D eigenvalue weighted by molar-refractivity contribution is 7.92. The van der Waals surface area contributed by atoms with Crippen LogP contribution in [0.3, 0.4) is 0 Å². The van der Waals surface area contributed by atoms with Crippen LogP contribution in [0.2, 0.25) is 0 Å². The van der Waals surface area contributed by atoms with Gasteiger partial charge in [0.15, 0.2) is 5.78 Å². The fourth-order valence-electron chi connectivity index (χ4n) is 3.88. The molecule has 0 aliphatic heterocycles. The molecule has 0 fully saturated rings. The van der Waals surface area contributed by atoms with Gasteiger partial charge >= 0.3 is 6.36 Å². The molecule has 0 unspecified atom stereocenters. The Morgan fingerprint density at radius 3 is 2.56 bits per heavy atom. The summed E-state index contributed by atoms with van der Waals surface area (Å²) in [7, 11) is -2.68. The van der Waals surface area contributed by atoms with E-state index >= 15 is 0 Å². The van der Waals surface area contributed by atoms with Crippen LogP contribution in [-0.2, 0) is 17.1 Å². The number of fused-ring (bicyclic) bond motifs is 1. The number of ether oxygens (including phenoxy) is 1. The lowest BCUT2D eigenvalue weighted by molar-refractivity contribution is -0.274. The molecule has 2 aromatic carbocycles. The highest BCUT2D eigenvalue weighted by Crippen LogP contribution is 2.29. The number of hydrogen-bond donors (Lipinski definition) is 2. The first-order chi connectivity index (χ1) is 18.4. The number of aromatic nitrogens is 4. The highest BCUT2D eigenvalue weighted by Gasteiger charge is 2.31. The number of carbonyl (C=O) groups excluding carboxylic acids is 1. The first-order valence-electron chi connectivity index (χ1n) is 11.1. The van der Waals surface area contributed by atoms with E-state index in [1.165, 1.54) is 6.20 Å². The molecule has 0 spiro atoms. The Balaban J connectivity index is 1.46. The number of aryl methyl sites for hydroxylation is 1. The molecule has 0 atom stereocenters. The number of sulfonamides is 1. The van der Waals surface area contributed by atoms with Crippen LogP contribution in [0, 0.1) is 5.82 Å². The van der Waals surface area contributed by atoms with Crippen molar-refractivity contribution in [1.29, 1.82) is 0 Å². The van der Waals surface area contributed by atoms with Crippen molar-refractivity contribution in [2.45, 2.75) is 11.3 Å². The van der Waals surface area contributed by atoms with Crippen molar-refractivity contribution >= 4 is 32.5 Å². The number of rotatable bonds is 7. The molecule has 0 amide bonds. The van der Waals surface area contributed by atoms with E-state index < -0.39 is 44.2 Å². The Bertz CT molecular complexity index is 1830. The third-order valence-corrected chi connectivity index (χ3v) is 7.01. The molecule has 14 heteroatoms. The van der Waals surface area contributed by atoms with Gasteiger partial charge in [0, 0.05) is 59.5 Å². The van der Waals surface area contributed by atoms with Crippen LogP contribution >= 0.6 is 0 Å². The van der Waals surface area contributed by atoms with Gasteiger partial charge in [-0.2, -0.15) is 5.10 Å². The van der Waals surface area contributed by atoms with Gasteiger partial charge in [0.25, 0.3) is 10.0 Å². The van der Waals surface area contributed by atoms with Crippen molar-refractivity contribution in [2.24, 2.45) is 7.05 Å². The third kappa shape index (κ3) is 5.45. The third-order valence-electron chi connectivity index (χ3n) is 5.63. The van der Waals surface area contributed by atoms with Crippen molar-refractivity contribution in [1.82, 2.24) is 19.7 Å². The number of halogens is 4. The first kappa shape index (κ1) is 25.9. The molecule has 0 radical (unpaired) electrons. The molecule has 0 aliphatic rings. The average Bonchev–Trinajstić information content (AvgIpc) is 3.49. The van der Waals surface area contributed by atoms with Crippen LogP contribution in [0.5, 0.6) is 5.75 Å². The van der Waals surface area contributed by atoms with Gasteiger partial charge in [-0.3, -0.25) is 14.2 Å². The molecular formula is C25H17F4N5O4S. The Labute approximate surface area is 218 Å². The van der Waals surface area contributed by atoms with Crippen LogP contribution in [0.1, 0.15) is 15.9 Å². The van der Waals surface area contributed by atoms with E-state index in [1.807, 2.05) is 0 Å². The number of aromatic amines is 1. The summed E-state index contributed by atoms with van der Waals surface area (Å²) >= 11 is 0. The van der Waals surface area contributed by atoms with E-state index in [-0.39, 0.29) is 11.3 Å². The summed E-state index contributed by atoms with van der Waals surface area (Å²) in [5.74, 6) is -2.39. The van der Waals surface area contributed by atoms with Crippen LogP contribution in [0.4, 0.5) is 23.2 Å². The van der Waals surface area contributed by atoms with Gasteiger partial charge in [0.2, 0.25) is 0 Å². The van der Waals surface area contributed by atoms with E-state index in [2.05, 4.69) is 24.5 Å². The molecule has 3 aromatic heterocycles. The van der Waals surface area contributed by atoms with Crippen LogP contribution < -0.4 is 9.46 Å². The SMILES string of the molecule is Cn1cc(-c2cnc3[nH]cc(C(=O)c4cc(NS(=O)(=O)c5cccc(OC(F)(F)F)c5)ccc4F)c3c2)cn1. The molecule has 200 valence electrons. The van der Waals surface area contributed by atoms with Gasteiger partial charge in [-0.15, -0.1) is 13.2 Å². The molecule has 0 saturated carbocycles. The molecule has 5 rings (SSSR count). The lowest BCUT2D eigenvalue weighted by Gasteiger charge is -2.12. The van der Waals surface area contributed by atoms with Gasteiger partial charge in [-0.25, -0.2) is 17.8 Å². The fraction of sp³-hybridized carbons (Fsp3) is 0.0800. The fourth-order valence-corrected chi connectivity index (χ4v) is 4.96. The van der Waals surface area contributed by atoms with Gasteiger partial charge in [-0.1, -0.05) is 6.07 Å². The van der Waals surface area contributed by atoms with Crippen molar-refractivity contribution in [3.05, 3.63) is 90.3 Å². The largest absolute Gasteiger partial charge is 0.573 e. The van der Waals surface area contributed by atoms with Crippen LogP contribution in [0.25, 0.3) is 22.2 Å². The highest BCUT2D eigenvalue weighted by atomic mass is 32.2. The molecule has 0 bridgehead atoms. The maximum absolute atomic E-state index is 14.8. The summed E-state index contributed by atoms with van der Waals surface area (Å²) in [4.78, 5) is 20.0. The number of anilines is 1. The Morgan fingerprint density at radius 2 is 1.85 bits per heavy atom. The van der Waals surface area contributed by atoms with E-state index in [4.69, 9.17) is 0 Å². The topological polar surface area (TPSA) is 119 Å². The first-order valence-corrected chi connectivity index (χ1v) is 12.6. The van der Waals surface area contributed by atoms with Gasteiger partial charge < -0.3 is 9.72 Å². The summed E-state index contributed by atoms with van der Waals surface area (Å²) < 4.78 is 85.5. The zero-order chi connectivity index (χ0) is 27.9. The van der Waals surface area contributed by atoms with Crippen LogP contribution in [-0.4, -0.2) is 40.3 Å². The summed E-state index contributed by atoms with van der Waals surface area (Å²) in [6.07, 6.45) is 1.33. The minimum atomic E-state index is -5.02. The predicted molar refractivity (Wildman–Crippen MR) is 132 cm³/mol. The monoisotopic (exact) mass is 559 g/mol. The van der Waals surface area contributed by atoms with Crippen molar-refractivity contribution in [3.8, 4) is 16.9 Å². The van der Waals surface area contributed by atoms with Crippen molar-refractivity contribution < 1.29 is 35.5 Å². The second-order valence-corrected chi connectivity index (χ2v) is 10.1. The molecule has 5 aromatic rings. The lowest BCUT2D eigenvalue weighted by Crippen LogP contribution is -2.18. The standard InChI is InChI=1S/C25H17F4N5O4S/c1-34-13-15(11-32-34)14-7-19-21(12-31-24(19)30-10-14)23(35)20-8-16(5-6-22(20)26)33-39(36,37)18-4-2-3-17(9-18)38-25(27,28)29/h2-13,33H,1H3,(H,30,31). The average molecular weight is 560 g/mol. The Kier molecular flexibility index (Phi) is 6.34. The maximum Gasteiger partial charge on any atom is 0.573 e. The summed E-state index contributed by atoms with van der Waals surface area (Å²) in [6.45, 7) is 0.